The highest BCUT2D eigenvalue weighted by Crippen LogP contribution is 2.10. The fourth-order valence-electron chi connectivity index (χ4n) is 0.499. The number of rotatable bonds is 1. The Morgan fingerprint density at radius 3 is 3.20 bits per heavy atom. The molecule has 1 aromatic rings. The molecule has 1 rings (SSSR count). The highest BCUT2D eigenvalue weighted by Gasteiger charge is 1.95. The summed E-state index contributed by atoms with van der Waals surface area (Å²) in [4.78, 5) is 11.4. The third-order valence-electron chi connectivity index (χ3n) is 0.958. The second-order valence-corrected chi connectivity index (χ2v) is 2.53. The van der Waals surface area contributed by atoms with Crippen LogP contribution in [0.25, 0.3) is 0 Å². The molecular formula is C8H7BrO. The van der Waals surface area contributed by atoms with Crippen LogP contribution in [0, 0.1) is 0 Å². The number of carbonyl (C=O) groups is 1. The maximum atomic E-state index is 11.4. The lowest BCUT2D eigenvalue weighted by Gasteiger charge is -1.92. The molecule has 0 amide bonds. The van der Waals surface area contributed by atoms with Gasteiger partial charge in [0.25, 0.3) is 0 Å². The van der Waals surface area contributed by atoms with Gasteiger partial charge in [0.05, 0.1) is 2.74 Å². The molecule has 0 spiro atoms. The topological polar surface area (TPSA) is 17.1 Å². The largest absolute Gasteiger partial charge is 0.295 e. The van der Waals surface area contributed by atoms with Crippen molar-refractivity contribution in [1.29, 1.82) is 0 Å². The van der Waals surface area contributed by atoms with Crippen LogP contribution in [0.4, 0.5) is 0 Å². The fraction of sp³-hybridized carbons (Fsp3) is 0.125. The van der Waals surface area contributed by atoms with Crippen LogP contribution >= 0.6 is 15.9 Å². The second kappa shape index (κ2) is 2.97. The third kappa shape index (κ3) is 1.67. The molecule has 52 valence electrons. The third-order valence-corrected chi connectivity index (χ3v) is 1.42. The molecule has 0 bridgehead atoms. The zero-order chi connectivity index (χ0) is 11.8. The number of carbonyl (C=O) groups excluding carboxylic acids is 1. The minimum Gasteiger partial charge on any atom is -0.295 e. The van der Waals surface area contributed by atoms with E-state index in [1.165, 1.54) is 12.1 Å². The van der Waals surface area contributed by atoms with E-state index < -0.39 is 12.6 Å². The van der Waals surface area contributed by atoms with Crippen LogP contribution in [-0.2, 0) is 0 Å². The summed E-state index contributed by atoms with van der Waals surface area (Å²) in [5, 5.41) is 0. The first-order valence-electron chi connectivity index (χ1n) is 5.05. The molecule has 0 atom stereocenters. The summed E-state index contributed by atoms with van der Waals surface area (Å²) >= 11 is 3.02. The number of halogens is 1. The average Bonchev–Trinajstić information content (AvgIpc) is 2.12. The molecule has 0 N–H and O–H groups in total. The molecule has 0 aliphatic heterocycles. The lowest BCUT2D eigenvalue weighted by atomic mass is 10.2. The van der Waals surface area contributed by atoms with Gasteiger partial charge in [0.1, 0.15) is 0 Å². The zero-order valence-corrected chi connectivity index (χ0v) is 6.53. The van der Waals surface area contributed by atoms with Crippen molar-refractivity contribution < 1.29 is 11.6 Å². The Morgan fingerprint density at radius 1 is 1.70 bits per heavy atom. The highest BCUT2D eigenvalue weighted by molar-refractivity contribution is 9.10. The van der Waals surface area contributed by atoms with Crippen LogP contribution in [0.3, 0.4) is 0 Å². The molecule has 0 aromatic heterocycles. The molecule has 0 fully saturated rings. The summed E-state index contributed by atoms with van der Waals surface area (Å²) in [5.41, 5.74) is -0.247. The first kappa shape index (κ1) is 3.18. The van der Waals surface area contributed by atoms with Crippen molar-refractivity contribution in [2.24, 2.45) is 0 Å². The molecule has 1 nitrogen and oxygen atoms in total. The van der Waals surface area contributed by atoms with E-state index in [9.17, 15) is 4.79 Å². The van der Waals surface area contributed by atoms with Gasteiger partial charge in [0.2, 0.25) is 0 Å². The maximum Gasteiger partial charge on any atom is 0.159 e. The molecule has 10 heavy (non-hydrogen) atoms. The Balaban J connectivity index is 3.29. The van der Waals surface area contributed by atoms with Gasteiger partial charge in [0, 0.05) is 14.1 Å². The van der Waals surface area contributed by atoms with E-state index >= 15 is 0 Å². The summed E-state index contributed by atoms with van der Waals surface area (Å²) < 4.78 is 36.0. The van der Waals surface area contributed by atoms with Gasteiger partial charge in [-0.05, 0) is 19.0 Å². The lowest BCUT2D eigenvalue weighted by Crippen LogP contribution is -1.89. The Hall–Kier alpha value is -0.630. The molecule has 0 unspecified atom stereocenters. The van der Waals surface area contributed by atoms with Crippen LogP contribution in [0.15, 0.2) is 28.7 Å². The van der Waals surface area contributed by atoms with Crippen LogP contribution < -0.4 is 0 Å². The van der Waals surface area contributed by atoms with Gasteiger partial charge in [-0.15, -0.1) is 0 Å². The summed E-state index contributed by atoms with van der Waals surface area (Å²) in [6, 6.07) is 2.06. The quantitative estimate of drug-likeness (QED) is 0.642. The van der Waals surface area contributed by atoms with Gasteiger partial charge in [-0.1, -0.05) is 28.0 Å². The van der Waals surface area contributed by atoms with Crippen LogP contribution in [-0.4, -0.2) is 5.78 Å². The number of hydrogen-bond acceptors (Lipinski definition) is 1. The highest BCUT2D eigenvalue weighted by atomic mass is 79.9. The zero-order valence-electron chi connectivity index (χ0n) is 9.94. The summed E-state index contributed by atoms with van der Waals surface area (Å²) in [5.74, 6) is -1.10. The Bertz CT molecular complexity index is 412. The predicted octanol–water partition coefficient (Wildman–Crippen LogP) is 2.65. The summed E-state index contributed by atoms with van der Waals surface area (Å²) in [6.07, 6.45) is 0. The number of ketones is 1. The van der Waals surface area contributed by atoms with Gasteiger partial charge < -0.3 is 0 Å². The molecule has 0 saturated carbocycles. The van der Waals surface area contributed by atoms with Crippen molar-refractivity contribution in [2.75, 3.05) is 0 Å². The second-order valence-electron chi connectivity index (χ2n) is 1.67. The number of hydrogen-bond donors (Lipinski definition) is 0. The van der Waals surface area contributed by atoms with E-state index in [-0.39, 0.29) is 17.6 Å². The average molecular weight is 204 g/mol. The van der Waals surface area contributed by atoms with Gasteiger partial charge in [-0.3, -0.25) is 4.79 Å². The van der Waals surface area contributed by atoms with Crippen LogP contribution in [0.2, 0.25) is 0 Å². The van der Waals surface area contributed by atoms with Crippen molar-refractivity contribution in [3.05, 3.63) is 34.3 Å². The minimum atomic E-state index is -2.77. The molecule has 0 heterocycles. The SMILES string of the molecule is [2H]c1c(Br)ccc(C(=O)C([2H])([2H])[2H])c1[2H]. The predicted molar refractivity (Wildman–Crippen MR) is 44.1 cm³/mol. The maximum absolute atomic E-state index is 11.4. The van der Waals surface area contributed by atoms with E-state index in [2.05, 4.69) is 15.9 Å². The minimum absolute atomic E-state index is 0.190. The normalized spacial score (nSPS) is 17.9. The smallest absolute Gasteiger partial charge is 0.159 e. The molecule has 0 saturated heterocycles. The fourth-order valence-corrected chi connectivity index (χ4v) is 0.731. The molecular weight excluding hydrogens is 192 g/mol. The van der Waals surface area contributed by atoms with Crippen molar-refractivity contribution in [3.63, 3.8) is 0 Å². The van der Waals surface area contributed by atoms with Gasteiger partial charge in [0.15, 0.2) is 5.78 Å². The molecule has 0 aliphatic carbocycles. The molecule has 1 aromatic carbocycles. The molecule has 2 heteroatoms. The van der Waals surface area contributed by atoms with E-state index in [0.717, 1.165) is 0 Å². The van der Waals surface area contributed by atoms with Crippen LogP contribution in [0.5, 0.6) is 0 Å². The van der Waals surface area contributed by atoms with Gasteiger partial charge in [-0.2, -0.15) is 0 Å². The van der Waals surface area contributed by atoms with E-state index in [1.807, 2.05) is 0 Å². The van der Waals surface area contributed by atoms with Crippen molar-refractivity contribution >= 4 is 21.7 Å². The summed E-state index contributed by atoms with van der Waals surface area (Å²) in [6.45, 7) is -2.77. The Morgan fingerprint density at radius 2 is 2.50 bits per heavy atom. The van der Waals surface area contributed by atoms with E-state index in [4.69, 9.17) is 6.85 Å². The van der Waals surface area contributed by atoms with Crippen molar-refractivity contribution in [3.8, 4) is 0 Å². The Kier molecular flexibility index (Phi) is 0.944. The lowest BCUT2D eigenvalue weighted by molar-refractivity contribution is 0.101. The Labute approximate surface area is 75.2 Å². The standard InChI is InChI=1S/C8H7BrO/c1-6(10)7-2-4-8(9)5-3-7/h2-5H,1H3/i1D3,2D,4D. The number of Topliss-reactive ketones (excluding diaryl/α,β-unsaturated/α-hetero) is 1. The van der Waals surface area contributed by atoms with E-state index in [0.29, 0.717) is 4.47 Å². The van der Waals surface area contributed by atoms with Crippen LogP contribution in [0.1, 0.15) is 24.1 Å². The van der Waals surface area contributed by atoms with Crippen molar-refractivity contribution in [1.82, 2.24) is 0 Å². The van der Waals surface area contributed by atoms with E-state index in [1.54, 1.807) is 0 Å². The number of benzene rings is 1. The van der Waals surface area contributed by atoms with Crippen molar-refractivity contribution in [2.45, 2.75) is 6.85 Å². The molecule has 0 radical (unpaired) electrons. The first-order valence-corrected chi connectivity index (χ1v) is 3.35. The van der Waals surface area contributed by atoms with Gasteiger partial charge in [-0.25, -0.2) is 0 Å². The summed E-state index contributed by atoms with van der Waals surface area (Å²) in [7, 11) is 0. The monoisotopic (exact) mass is 203 g/mol. The first-order chi connectivity index (χ1) is 6.75. The van der Waals surface area contributed by atoms with Gasteiger partial charge >= 0.3 is 0 Å². The molecule has 0 aliphatic rings.